The summed E-state index contributed by atoms with van der Waals surface area (Å²) in [5, 5.41) is 0. The quantitative estimate of drug-likeness (QED) is 0.466. The summed E-state index contributed by atoms with van der Waals surface area (Å²) in [6, 6.07) is 5.41. The molecule has 0 spiro atoms. The lowest BCUT2D eigenvalue weighted by molar-refractivity contribution is -0.153. The minimum Gasteiger partial charge on any atom is -0.496 e. The third-order valence-electron chi connectivity index (χ3n) is 4.40. The maximum Gasteiger partial charge on any atom is 0.331 e. The van der Waals surface area contributed by atoms with E-state index in [9.17, 15) is 14.4 Å². The first-order valence-corrected chi connectivity index (χ1v) is 9.86. The highest BCUT2D eigenvalue weighted by molar-refractivity contribution is 9.10. The van der Waals surface area contributed by atoms with Crippen LogP contribution in [-0.4, -0.2) is 56.2 Å². The predicted molar refractivity (Wildman–Crippen MR) is 107 cm³/mol. The van der Waals surface area contributed by atoms with E-state index in [2.05, 4.69) is 15.9 Å². The number of amides is 1. The maximum atomic E-state index is 12.2. The lowest BCUT2D eigenvalue weighted by Crippen LogP contribution is -2.42. The predicted octanol–water partition coefficient (Wildman–Crippen LogP) is 2.82. The van der Waals surface area contributed by atoms with Gasteiger partial charge in [-0.3, -0.25) is 9.59 Å². The van der Waals surface area contributed by atoms with E-state index in [0.717, 1.165) is 4.47 Å². The number of hydrogen-bond donors (Lipinski definition) is 0. The highest BCUT2D eigenvalue weighted by Crippen LogP contribution is 2.24. The number of benzene rings is 1. The van der Waals surface area contributed by atoms with Crippen molar-refractivity contribution in [3.8, 4) is 5.75 Å². The maximum absolute atomic E-state index is 12.2. The van der Waals surface area contributed by atoms with E-state index in [1.807, 2.05) is 12.1 Å². The number of halogens is 1. The number of hydrogen-bond acceptors (Lipinski definition) is 6. The van der Waals surface area contributed by atoms with Crippen molar-refractivity contribution in [1.29, 1.82) is 0 Å². The van der Waals surface area contributed by atoms with Crippen molar-refractivity contribution in [2.75, 3.05) is 33.4 Å². The fraction of sp³-hybridized carbons (Fsp3) is 0.450. The molecule has 0 unspecified atom stereocenters. The van der Waals surface area contributed by atoms with Crippen molar-refractivity contribution < 1.29 is 28.6 Å². The van der Waals surface area contributed by atoms with E-state index in [1.165, 1.54) is 6.08 Å². The fourth-order valence-electron chi connectivity index (χ4n) is 2.89. The van der Waals surface area contributed by atoms with E-state index in [0.29, 0.717) is 43.9 Å². The second-order valence-electron chi connectivity index (χ2n) is 6.23. The average molecular weight is 454 g/mol. The van der Waals surface area contributed by atoms with Gasteiger partial charge >= 0.3 is 11.9 Å². The van der Waals surface area contributed by atoms with E-state index >= 15 is 0 Å². The SMILES string of the molecule is CCOC(=O)C1CCN(C(=O)COC(=O)/C=C/c2cc(Br)ccc2OC)CC1. The highest BCUT2D eigenvalue weighted by Gasteiger charge is 2.28. The summed E-state index contributed by atoms with van der Waals surface area (Å²) in [6.45, 7) is 2.69. The van der Waals surface area contributed by atoms with Crippen molar-refractivity contribution in [2.45, 2.75) is 19.8 Å². The molecule has 8 heteroatoms. The summed E-state index contributed by atoms with van der Waals surface area (Å²) in [6.07, 6.45) is 3.94. The van der Waals surface area contributed by atoms with Gasteiger partial charge in [0.1, 0.15) is 5.75 Å². The lowest BCUT2D eigenvalue weighted by atomic mass is 9.97. The van der Waals surface area contributed by atoms with Gasteiger partial charge in [0.05, 0.1) is 19.6 Å². The minimum atomic E-state index is -0.614. The van der Waals surface area contributed by atoms with Gasteiger partial charge in [-0.05, 0) is 44.0 Å². The first-order chi connectivity index (χ1) is 13.4. The van der Waals surface area contributed by atoms with Crippen LogP contribution in [0.15, 0.2) is 28.7 Å². The standard InChI is InChI=1S/C20H24BrNO6/c1-3-27-20(25)14-8-10-22(11-9-14)18(23)13-28-19(24)7-4-15-12-16(21)5-6-17(15)26-2/h4-7,12,14H,3,8-11,13H2,1-2H3/b7-4+. The van der Waals surface area contributed by atoms with Crippen LogP contribution in [0.25, 0.3) is 6.08 Å². The molecular weight excluding hydrogens is 430 g/mol. The minimum absolute atomic E-state index is 0.172. The second kappa shape index (κ2) is 10.8. The Bertz CT molecular complexity index is 740. The zero-order valence-electron chi connectivity index (χ0n) is 16.0. The Hall–Kier alpha value is -2.35. The van der Waals surface area contributed by atoms with Gasteiger partial charge in [0.25, 0.3) is 5.91 Å². The van der Waals surface area contributed by atoms with E-state index in [4.69, 9.17) is 14.2 Å². The highest BCUT2D eigenvalue weighted by atomic mass is 79.9. The van der Waals surface area contributed by atoms with Gasteiger partial charge in [0.15, 0.2) is 6.61 Å². The molecule has 1 saturated heterocycles. The summed E-state index contributed by atoms with van der Waals surface area (Å²) >= 11 is 3.36. The first kappa shape index (κ1) is 21.9. The Kier molecular flexibility index (Phi) is 8.50. The number of carbonyl (C=O) groups is 3. The molecule has 0 N–H and O–H groups in total. The summed E-state index contributed by atoms with van der Waals surface area (Å²) < 4.78 is 16.1. The monoisotopic (exact) mass is 453 g/mol. The second-order valence-corrected chi connectivity index (χ2v) is 7.15. The Labute approximate surface area is 172 Å². The molecule has 0 aliphatic carbocycles. The molecule has 0 bridgehead atoms. The van der Waals surface area contributed by atoms with Crippen LogP contribution in [0.3, 0.4) is 0 Å². The normalized spacial score (nSPS) is 14.8. The van der Waals surface area contributed by atoms with Crippen molar-refractivity contribution >= 4 is 39.9 Å². The number of ether oxygens (including phenoxy) is 3. The van der Waals surface area contributed by atoms with Crippen LogP contribution in [0.5, 0.6) is 5.75 Å². The van der Waals surface area contributed by atoms with Crippen LogP contribution >= 0.6 is 15.9 Å². The molecular formula is C20H24BrNO6. The van der Waals surface area contributed by atoms with Gasteiger partial charge in [0.2, 0.25) is 0 Å². The van der Waals surface area contributed by atoms with Crippen LogP contribution in [0.4, 0.5) is 0 Å². The largest absolute Gasteiger partial charge is 0.496 e. The third kappa shape index (κ3) is 6.37. The summed E-state index contributed by atoms with van der Waals surface area (Å²) in [5.41, 5.74) is 0.709. The molecule has 1 aliphatic rings. The Morgan fingerprint density at radius 1 is 1.21 bits per heavy atom. The molecule has 1 fully saturated rings. The van der Waals surface area contributed by atoms with Crippen LogP contribution in [0.1, 0.15) is 25.3 Å². The number of piperidine rings is 1. The van der Waals surface area contributed by atoms with Crippen LogP contribution in [0, 0.1) is 5.92 Å². The van der Waals surface area contributed by atoms with Crippen molar-refractivity contribution in [3.05, 3.63) is 34.3 Å². The van der Waals surface area contributed by atoms with Crippen LogP contribution < -0.4 is 4.74 Å². The van der Waals surface area contributed by atoms with Gasteiger partial charge in [-0.2, -0.15) is 0 Å². The number of likely N-dealkylation sites (tertiary alicyclic amines) is 1. The Balaban J connectivity index is 1.79. The molecule has 1 aliphatic heterocycles. The molecule has 152 valence electrons. The van der Waals surface area contributed by atoms with E-state index in [-0.39, 0.29) is 24.4 Å². The van der Waals surface area contributed by atoms with Gasteiger partial charge in [-0.25, -0.2) is 4.79 Å². The molecule has 0 aromatic heterocycles. The zero-order chi connectivity index (χ0) is 20.5. The molecule has 2 rings (SSSR count). The van der Waals surface area contributed by atoms with Gasteiger partial charge in [0, 0.05) is 29.2 Å². The molecule has 0 saturated carbocycles. The fourth-order valence-corrected chi connectivity index (χ4v) is 3.27. The van der Waals surface area contributed by atoms with Gasteiger partial charge in [-0.15, -0.1) is 0 Å². The molecule has 1 heterocycles. The number of carbonyl (C=O) groups excluding carboxylic acids is 3. The number of nitrogens with zero attached hydrogens (tertiary/aromatic N) is 1. The molecule has 28 heavy (non-hydrogen) atoms. The van der Waals surface area contributed by atoms with Crippen molar-refractivity contribution in [2.24, 2.45) is 5.92 Å². The lowest BCUT2D eigenvalue weighted by Gasteiger charge is -2.30. The summed E-state index contributed by atoms with van der Waals surface area (Å²) in [7, 11) is 1.54. The van der Waals surface area contributed by atoms with E-state index < -0.39 is 5.97 Å². The average Bonchev–Trinajstić information content (AvgIpc) is 2.70. The van der Waals surface area contributed by atoms with Crippen molar-refractivity contribution in [1.82, 2.24) is 4.90 Å². The molecule has 0 radical (unpaired) electrons. The molecule has 1 amide bonds. The number of methoxy groups -OCH3 is 1. The molecule has 7 nitrogen and oxygen atoms in total. The third-order valence-corrected chi connectivity index (χ3v) is 4.89. The summed E-state index contributed by atoms with van der Waals surface area (Å²) in [4.78, 5) is 37.4. The molecule has 1 aromatic rings. The van der Waals surface area contributed by atoms with Gasteiger partial charge in [-0.1, -0.05) is 15.9 Å². The first-order valence-electron chi connectivity index (χ1n) is 9.07. The number of rotatable bonds is 7. The zero-order valence-corrected chi connectivity index (χ0v) is 17.6. The number of esters is 2. The smallest absolute Gasteiger partial charge is 0.331 e. The molecule has 0 atom stereocenters. The Morgan fingerprint density at radius 2 is 1.93 bits per heavy atom. The van der Waals surface area contributed by atoms with Gasteiger partial charge < -0.3 is 19.1 Å². The van der Waals surface area contributed by atoms with Crippen LogP contribution in [0.2, 0.25) is 0 Å². The summed E-state index contributed by atoms with van der Waals surface area (Å²) in [5.74, 6) is -0.655. The molecule has 1 aromatic carbocycles. The van der Waals surface area contributed by atoms with Crippen molar-refractivity contribution in [3.63, 3.8) is 0 Å². The van der Waals surface area contributed by atoms with E-state index in [1.54, 1.807) is 31.1 Å². The van der Waals surface area contributed by atoms with Crippen LogP contribution in [-0.2, 0) is 23.9 Å². The topological polar surface area (TPSA) is 82.1 Å². The Morgan fingerprint density at radius 3 is 2.57 bits per heavy atom.